The van der Waals surface area contributed by atoms with E-state index in [1.54, 1.807) is 13.8 Å². The second-order valence-electron chi connectivity index (χ2n) is 5.94. The van der Waals surface area contributed by atoms with Crippen LogP contribution < -0.4 is 0 Å². The van der Waals surface area contributed by atoms with Crippen LogP contribution in [-0.4, -0.2) is 30.3 Å². The SMILES string of the molecule is CCC(C)(C)C(=O)OC1CCC(OC(=O)C(F)(F)F)CC1. The number of halogens is 3. The van der Waals surface area contributed by atoms with E-state index in [0.717, 1.165) is 0 Å². The Kier molecular flexibility index (Phi) is 5.64. The van der Waals surface area contributed by atoms with Gasteiger partial charge in [0.2, 0.25) is 0 Å². The van der Waals surface area contributed by atoms with Crippen molar-refractivity contribution in [2.75, 3.05) is 0 Å². The summed E-state index contributed by atoms with van der Waals surface area (Å²) in [6.45, 7) is 5.45. The van der Waals surface area contributed by atoms with Gasteiger partial charge in [-0.05, 0) is 46.0 Å². The van der Waals surface area contributed by atoms with Crippen molar-refractivity contribution in [1.29, 1.82) is 0 Å². The van der Waals surface area contributed by atoms with Gasteiger partial charge in [-0.25, -0.2) is 4.79 Å². The third kappa shape index (κ3) is 5.21. The molecule has 1 aliphatic rings. The van der Waals surface area contributed by atoms with E-state index in [9.17, 15) is 22.8 Å². The van der Waals surface area contributed by atoms with Crippen LogP contribution >= 0.6 is 0 Å². The molecular weight excluding hydrogens is 289 g/mol. The van der Waals surface area contributed by atoms with Crippen molar-refractivity contribution in [1.82, 2.24) is 0 Å². The Bertz CT molecular complexity index is 382. The van der Waals surface area contributed by atoms with Gasteiger partial charge in [-0.3, -0.25) is 4.79 Å². The van der Waals surface area contributed by atoms with Crippen molar-refractivity contribution in [3.05, 3.63) is 0 Å². The fourth-order valence-corrected chi connectivity index (χ4v) is 1.94. The molecule has 0 heterocycles. The number of ether oxygens (including phenoxy) is 2. The summed E-state index contributed by atoms with van der Waals surface area (Å²) < 4.78 is 46.0. The molecule has 0 aromatic carbocycles. The summed E-state index contributed by atoms with van der Waals surface area (Å²) in [5.41, 5.74) is -0.570. The number of rotatable bonds is 4. The van der Waals surface area contributed by atoms with Gasteiger partial charge in [-0.15, -0.1) is 0 Å². The zero-order chi connectivity index (χ0) is 16.3. The largest absolute Gasteiger partial charge is 0.490 e. The standard InChI is InChI=1S/C14H21F3O4/c1-4-13(2,3)11(18)20-9-5-7-10(8-6-9)21-12(19)14(15,16)17/h9-10H,4-8H2,1-3H3. The molecule has 1 fully saturated rings. The number of carbonyl (C=O) groups excluding carboxylic acids is 2. The van der Waals surface area contributed by atoms with E-state index in [-0.39, 0.29) is 24.9 Å². The van der Waals surface area contributed by atoms with Gasteiger partial charge in [-0.2, -0.15) is 13.2 Å². The van der Waals surface area contributed by atoms with Crippen LogP contribution in [0.4, 0.5) is 13.2 Å². The molecule has 0 radical (unpaired) electrons. The Hall–Kier alpha value is -1.27. The highest BCUT2D eigenvalue weighted by Crippen LogP contribution is 2.29. The van der Waals surface area contributed by atoms with E-state index >= 15 is 0 Å². The first-order valence-electron chi connectivity index (χ1n) is 7.05. The minimum Gasteiger partial charge on any atom is -0.462 e. The number of carbonyl (C=O) groups is 2. The molecule has 0 spiro atoms. The van der Waals surface area contributed by atoms with Crippen LogP contribution in [0.15, 0.2) is 0 Å². The second-order valence-corrected chi connectivity index (χ2v) is 5.94. The first-order chi connectivity index (χ1) is 9.56. The Morgan fingerprint density at radius 2 is 1.33 bits per heavy atom. The van der Waals surface area contributed by atoms with Gasteiger partial charge in [0.15, 0.2) is 0 Å². The van der Waals surface area contributed by atoms with Crippen molar-refractivity contribution < 1.29 is 32.2 Å². The van der Waals surface area contributed by atoms with E-state index < -0.39 is 23.7 Å². The lowest BCUT2D eigenvalue weighted by molar-refractivity contribution is -0.207. The van der Waals surface area contributed by atoms with Crippen LogP contribution in [0.3, 0.4) is 0 Å². The summed E-state index contributed by atoms with van der Waals surface area (Å²) in [5.74, 6) is -2.46. The van der Waals surface area contributed by atoms with Crippen molar-refractivity contribution in [2.45, 2.75) is 71.3 Å². The van der Waals surface area contributed by atoms with Crippen molar-refractivity contribution in [3.63, 3.8) is 0 Å². The molecular formula is C14H21F3O4. The van der Waals surface area contributed by atoms with E-state index in [1.807, 2.05) is 6.92 Å². The Labute approximate surface area is 122 Å². The first-order valence-corrected chi connectivity index (χ1v) is 7.05. The quantitative estimate of drug-likeness (QED) is 0.747. The minimum atomic E-state index is -4.96. The van der Waals surface area contributed by atoms with Crippen LogP contribution in [0.1, 0.15) is 52.9 Å². The molecule has 4 nitrogen and oxygen atoms in total. The van der Waals surface area contributed by atoms with Crippen molar-refractivity contribution >= 4 is 11.9 Å². The molecule has 1 aliphatic carbocycles. The van der Waals surface area contributed by atoms with Gasteiger partial charge < -0.3 is 9.47 Å². The molecule has 0 atom stereocenters. The lowest BCUT2D eigenvalue weighted by Crippen LogP contribution is -2.36. The normalized spacial score (nSPS) is 23.5. The van der Waals surface area contributed by atoms with Gasteiger partial charge in [0, 0.05) is 0 Å². The van der Waals surface area contributed by atoms with Crippen LogP contribution in [0.2, 0.25) is 0 Å². The summed E-state index contributed by atoms with van der Waals surface area (Å²) >= 11 is 0. The van der Waals surface area contributed by atoms with E-state index in [2.05, 4.69) is 4.74 Å². The van der Waals surface area contributed by atoms with Gasteiger partial charge in [0.05, 0.1) is 5.41 Å². The lowest BCUT2D eigenvalue weighted by Gasteiger charge is -2.30. The highest BCUT2D eigenvalue weighted by molar-refractivity contribution is 5.76. The van der Waals surface area contributed by atoms with Gasteiger partial charge in [0.1, 0.15) is 12.2 Å². The lowest BCUT2D eigenvalue weighted by atomic mass is 9.90. The highest BCUT2D eigenvalue weighted by atomic mass is 19.4. The maximum Gasteiger partial charge on any atom is 0.490 e. The van der Waals surface area contributed by atoms with E-state index in [4.69, 9.17) is 4.74 Å². The second kappa shape index (κ2) is 6.66. The molecule has 0 aromatic rings. The summed E-state index contributed by atoms with van der Waals surface area (Å²) in [4.78, 5) is 22.6. The van der Waals surface area contributed by atoms with E-state index in [1.165, 1.54) is 0 Å². The number of hydrogen-bond donors (Lipinski definition) is 0. The summed E-state index contributed by atoms with van der Waals surface area (Å²) in [6, 6.07) is 0. The maximum atomic E-state index is 12.1. The zero-order valence-corrected chi connectivity index (χ0v) is 12.5. The Morgan fingerprint density at radius 1 is 0.952 bits per heavy atom. The van der Waals surface area contributed by atoms with Gasteiger partial charge in [-0.1, -0.05) is 6.92 Å². The molecule has 21 heavy (non-hydrogen) atoms. The smallest absolute Gasteiger partial charge is 0.462 e. The number of esters is 2. The zero-order valence-electron chi connectivity index (χ0n) is 12.5. The Balaban J connectivity index is 2.39. The first kappa shape index (κ1) is 17.8. The third-order valence-corrected chi connectivity index (χ3v) is 3.84. The summed E-state index contributed by atoms with van der Waals surface area (Å²) in [6.07, 6.45) is -4.04. The number of hydrogen-bond acceptors (Lipinski definition) is 4. The molecule has 7 heteroatoms. The van der Waals surface area contributed by atoms with Crippen LogP contribution in [0, 0.1) is 5.41 Å². The molecule has 0 saturated heterocycles. The topological polar surface area (TPSA) is 52.6 Å². The number of alkyl halides is 3. The predicted octanol–water partition coefficient (Wildman–Crippen LogP) is 3.38. The third-order valence-electron chi connectivity index (χ3n) is 3.84. The van der Waals surface area contributed by atoms with E-state index in [0.29, 0.717) is 19.3 Å². The molecule has 0 unspecified atom stereocenters. The van der Waals surface area contributed by atoms with Gasteiger partial charge in [0.25, 0.3) is 0 Å². The van der Waals surface area contributed by atoms with Crippen LogP contribution in [0.5, 0.6) is 0 Å². The molecule has 0 bridgehead atoms. The molecule has 0 N–H and O–H groups in total. The molecule has 0 amide bonds. The average Bonchev–Trinajstić information content (AvgIpc) is 2.39. The molecule has 122 valence electrons. The molecule has 1 rings (SSSR count). The molecule has 1 saturated carbocycles. The van der Waals surface area contributed by atoms with Crippen LogP contribution in [0.25, 0.3) is 0 Å². The maximum absolute atomic E-state index is 12.1. The highest BCUT2D eigenvalue weighted by Gasteiger charge is 2.43. The monoisotopic (exact) mass is 310 g/mol. The molecule has 0 aromatic heterocycles. The fraction of sp³-hybridized carbons (Fsp3) is 0.857. The predicted molar refractivity (Wildman–Crippen MR) is 68.4 cm³/mol. The van der Waals surface area contributed by atoms with Crippen molar-refractivity contribution in [2.24, 2.45) is 5.41 Å². The van der Waals surface area contributed by atoms with Crippen molar-refractivity contribution in [3.8, 4) is 0 Å². The van der Waals surface area contributed by atoms with Crippen LogP contribution in [-0.2, 0) is 19.1 Å². The Morgan fingerprint density at radius 3 is 1.67 bits per heavy atom. The fourth-order valence-electron chi connectivity index (χ4n) is 1.94. The minimum absolute atomic E-state index is 0.270. The molecule has 0 aliphatic heterocycles. The van der Waals surface area contributed by atoms with Gasteiger partial charge >= 0.3 is 18.1 Å². The average molecular weight is 310 g/mol. The summed E-state index contributed by atoms with van der Waals surface area (Å²) in [5, 5.41) is 0. The summed E-state index contributed by atoms with van der Waals surface area (Å²) in [7, 11) is 0.